The van der Waals surface area contributed by atoms with Gasteiger partial charge in [0.05, 0.1) is 6.61 Å². The van der Waals surface area contributed by atoms with Crippen molar-refractivity contribution in [3.05, 3.63) is 0 Å². The van der Waals surface area contributed by atoms with Crippen LogP contribution in [0.1, 0.15) is 38.5 Å². The molecule has 2 atom stereocenters. The predicted octanol–water partition coefficient (Wildman–Crippen LogP) is 0.975. The molecule has 2 aliphatic rings. The molecule has 0 aromatic carbocycles. The second-order valence-electron chi connectivity index (χ2n) is 5.18. The summed E-state index contributed by atoms with van der Waals surface area (Å²) in [4.78, 5) is 2.63. The third-order valence-corrected chi connectivity index (χ3v) is 4.31. The Balaban J connectivity index is 1.96. The molecule has 0 amide bonds. The number of hydrogen-bond acceptors (Lipinski definition) is 3. The molecule has 0 bridgehead atoms. The molecule has 3 nitrogen and oxygen atoms in total. The highest BCUT2D eigenvalue weighted by molar-refractivity contribution is 4.96. The van der Waals surface area contributed by atoms with Crippen molar-refractivity contribution in [2.24, 2.45) is 0 Å². The van der Waals surface area contributed by atoms with E-state index in [1.165, 1.54) is 38.8 Å². The van der Waals surface area contributed by atoms with Crippen LogP contribution in [0, 0.1) is 0 Å². The molecular formula is C12H24N2O. The first kappa shape index (κ1) is 11.4. The predicted molar refractivity (Wildman–Crippen MR) is 61.9 cm³/mol. The number of rotatable bonds is 3. The van der Waals surface area contributed by atoms with Gasteiger partial charge in [0.15, 0.2) is 0 Å². The number of nitrogens with zero attached hydrogens (tertiary/aromatic N) is 1. The fraction of sp³-hybridized carbons (Fsp3) is 1.00. The summed E-state index contributed by atoms with van der Waals surface area (Å²) in [7, 11) is 1.99. The Hall–Kier alpha value is -0.120. The molecule has 2 N–H and O–H groups in total. The Morgan fingerprint density at radius 1 is 1.33 bits per heavy atom. The van der Waals surface area contributed by atoms with Crippen LogP contribution in [0.3, 0.4) is 0 Å². The van der Waals surface area contributed by atoms with Gasteiger partial charge in [-0.15, -0.1) is 0 Å². The van der Waals surface area contributed by atoms with Crippen molar-refractivity contribution in [1.82, 2.24) is 10.2 Å². The van der Waals surface area contributed by atoms with Gasteiger partial charge in [-0.1, -0.05) is 0 Å². The maximum Gasteiger partial charge on any atom is 0.0613 e. The van der Waals surface area contributed by atoms with Crippen LogP contribution in [0.15, 0.2) is 0 Å². The summed E-state index contributed by atoms with van der Waals surface area (Å²) in [6.45, 7) is 2.83. The third kappa shape index (κ3) is 2.35. The number of likely N-dealkylation sites (N-methyl/N-ethyl adjacent to an activating group) is 1. The zero-order chi connectivity index (χ0) is 10.7. The van der Waals surface area contributed by atoms with Crippen LogP contribution in [0.2, 0.25) is 0 Å². The molecular weight excluding hydrogens is 188 g/mol. The van der Waals surface area contributed by atoms with Crippen LogP contribution in [0.4, 0.5) is 0 Å². The lowest BCUT2D eigenvalue weighted by molar-refractivity contribution is 0.0740. The summed E-state index contributed by atoms with van der Waals surface area (Å²) in [5.74, 6) is 0. The van der Waals surface area contributed by atoms with Crippen molar-refractivity contribution in [3.63, 3.8) is 0 Å². The fourth-order valence-electron chi connectivity index (χ4n) is 3.20. The molecule has 0 aromatic heterocycles. The molecule has 1 saturated heterocycles. The third-order valence-electron chi connectivity index (χ3n) is 4.31. The van der Waals surface area contributed by atoms with Gasteiger partial charge in [0.2, 0.25) is 0 Å². The van der Waals surface area contributed by atoms with Crippen LogP contribution in [-0.4, -0.2) is 48.3 Å². The Kier molecular flexibility index (Phi) is 3.65. The largest absolute Gasteiger partial charge is 0.394 e. The standard InChI is InChI=1S/C12H24N2O/c1-13-12(10-15)6-4-5-11(9-12)14-7-2-3-8-14/h11,13,15H,2-10H2,1H3. The summed E-state index contributed by atoms with van der Waals surface area (Å²) in [6, 6.07) is 0.709. The highest BCUT2D eigenvalue weighted by atomic mass is 16.3. The lowest BCUT2D eigenvalue weighted by Crippen LogP contribution is -2.54. The van der Waals surface area contributed by atoms with Crippen molar-refractivity contribution in [3.8, 4) is 0 Å². The summed E-state index contributed by atoms with van der Waals surface area (Å²) in [5, 5.41) is 12.9. The van der Waals surface area contributed by atoms with Crippen LogP contribution < -0.4 is 5.32 Å². The van der Waals surface area contributed by atoms with Crippen molar-refractivity contribution in [2.75, 3.05) is 26.7 Å². The minimum absolute atomic E-state index is 0.00546. The molecule has 1 aliphatic carbocycles. The van der Waals surface area contributed by atoms with Gasteiger partial charge in [0.25, 0.3) is 0 Å². The van der Waals surface area contributed by atoms with E-state index in [-0.39, 0.29) is 12.1 Å². The van der Waals surface area contributed by atoms with Gasteiger partial charge in [-0.3, -0.25) is 0 Å². The second-order valence-corrected chi connectivity index (χ2v) is 5.18. The number of likely N-dealkylation sites (tertiary alicyclic amines) is 1. The maximum atomic E-state index is 9.52. The summed E-state index contributed by atoms with van der Waals surface area (Å²) in [5.41, 5.74) is 0.00546. The van der Waals surface area contributed by atoms with Gasteiger partial charge in [-0.25, -0.2) is 0 Å². The molecule has 1 saturated carbocycles. The van der Waals surface area contributed by atoms with Gasteiger partial charge >= 0.3 is 0 Å². The van der Waals surface area contributed by atoms with E-state index in [9.17, 15) is 5.11 Å². The van der Waals surface area contributed by atoms with Gasteiger partial charge in [0.1, 0.15) is 0 Å². The zero-order valence-corrected chi connectivity index (χ0v) is 9.84. The Labute approximate surface area is 92.8 Å². The van der Waals surface area contributed by atoms with E-state index in [1.807, 2.05) is 7.05 Å². The number of aliphatic hydroxyl groups is 1. The second kappa shape index (κ2) is 4.81. The molecule has 0 aromatic rings. The van der Waals surface area contributed by atoms with Crippen LogP contribution in [0.25, 0.3) is 0 Å². The highest BCUT2D eigenvalue weighted by Crippen LogP contribution is 2.32. The minimum atomic E-state index is 0.00546. The molecule has 0 radical (unpaired) electrons. The Morgan fingerprint density at radius 2 is 2.07 bits per heavy atom. The number of aliphatic hydroxyl groups excluding tert-OH is 1. The first-order valence-electron chi connectivity index (χ1n) is 6.33. The molecule has 2 fully saturated rings. The normalized spacial score (nSPS) is 38.4. The average Bonchev–Trinajstić information content (AvgIpc) is 2.82. The maximum absolute atomic E-state index is 9.52. The van der Waals surface area contributed by atoms with Gasteiger partial charge in [-0.05, 0) is 58.7 Å². The van der Waals surface area contributed by atoms with E-state index in [1.54, 1.807) is 0 Å². The van der Waals surface area contributed by atoms with Crippen molar-refractivity contribution in [1.29, 1.82) is 0 Å². The van der Waals surface area contributed by atoms with Crippen LogP contribution in [0.5, 0.6) is 0 Å². The summed E-state index contributed by atoms with van der Waals surface area (Å²) < 4.78 is 0. The van der Waals surface area contributed by atoms with E-state index in [4.69, 9.17) is 0 Å². The highest BCUT2D eigenvalue weighted by Gasteiger charge is 2.37. The smallest absolute Gasteiger partial charge is 0.0613 e. The van der Waals surface area contributed by atoms with Gasteiger partial charge in [-0.2, -0.15) is 0 Å². The van der Waals surface area contributed by atoms with Crippen molar-refractivity contribution < 1.29 is 5.11 Å². The molecule has 88 valence electrons. The first-order valence-corrected chi connectivity index (χ1v) is 6.33. The summed E-state index contributed by atoms with van der Waals surface area (Å²) in [6.07, 6.45) is 7.56. The minimum Gasteiger partial charge on any atom is -0.394 e. The molecule has 1 heterocycles. The fourth-order valence-corrected chi connectivity index (χ4v) is 3.20. The number of nitrogens with one attached hydrogen (secondary N) is 1. The van der Waals surface area contributed by atoms with Crippen LogP contribution in [-0.2, 0) is 0 Å². The molecule has 0 spiro atoms. The summed E-state index contributed by atoms with van der Waals surface area (Å²) >= 11 is 0. The van der Waals surface area contributed by atoms with Crippen molar-refractivity contribution >= 4 is 0 Å². The molecule has 1 aliphatic heterocycles. The van der Waals surface area contributed by atoms with E-state index in [2.05, 4.69) is 10.2 Å². The molecule has 3 heteroatoms. The lowest BCUT2D eigenvalue weighted by atomic mass is 9.79. The zero-order valence-electron chi connectivity index (χ0n) is 9.84. The number of hydrogen-bond donors (Lipinski definition) is 2. The molecule has 2 unspecified atom stereocenters. The van der Waals surface area contributed by atoms with Crippen LogP contribution >= 0.6 is 0 Å². The molecule has 15 heavy (non-hydrogen) atoms. The lowest BCUT2D eigenvalue weighted by Gasteiger charge is -2.42. The molecule has 2 rings (SSSR count). The monoisotopic (exact) mass is 212 g/mol. The first-order chi connectivity index (χ1) is 7.29. The van der Waals surface area contributed by atoms with E-state index in [0.29, 0.717) is 6.04 Å². The Morgan fingerprint density at radius 3 is 2.67 bits per heavy atom. The van der Waals surface area contributed by atoms with Gasteiger partial charge < -0.3 is 15.3 Å². The van der Waals surface area contributed by atoms with E-state index in [0.717, 1.165) is 12.8 Å². The van der Waals surface area contributed by atoms with Crippen molar-refractivity contribution in [2.45, 2.75) is 50.1 Å². The van der Waals surface area contributed by atoms with Gasteiger partial charge in [0, 0.05) is 11.6 Å². The van der Waals surface area contributed by atoms with E-state index < -0.39 is 0 Å². The Bertz CT molecular complexity index is 198. The topological polar surface area (TPSA) is 35.5 Å². The average molecular weight is 212 g/mol. The van der Waals surface area contributed by atoms with E-state index >= 15 is 0 Å². The quantitative estimate of drug-likeness (QED) is 0.732. The SMILES string of the molecule is CNC1(CO)CCCC(N2CCCC2)C1.